The van der Waals surface area contributed by atoms with Crippen LogP contribution in [-0.2, 0) is 14.6 Å². The third-order valence-corrected chi connectivity index (χ3v) is 6.27. The summed E-state index contributed by atoms with van der Waals surface area (Å²) in [6.45, 7) is 3.82. The number of nitrogens with zero attached hydrogens (tertiary/aromatic N) is 1. The number of aryl methyl sites for hydroxylation is 2. The number of rotatable bonds is 4. The molecule has 0 bridgehead atoms. The summed E-state index contributed by atoms with van der Waals surface area (Å²) in [5.74, 6) is -0.743. The van der Waals surface area contributed by atoms with Gasteiger partial charge in [0.15, 0.2) is 9.84 Å². The highest BCUT2D eigenvalue weighted by Crippen LogP contribution is 2.22. The molecule has 2 rings (SSSR count). The predicted molar refractivity (Wildman–Crippen MR) is 87.6 cm³/mol. The van der Waals surface area contributed by atoms with E-state index in [1.54, 1.807) is 30.1 Å². The molecule has 1 aromatic carbocycles. The second kappa shape index (κ2) is 6.82. The smallest absolute Gasteiger partial charge is 0.238 e. The number of hydrogen-bond acceptors (Lipinski definition) is 3. The van der Waals surface area contributed by atoms with Crippen LogP contribution in [0.2, 0.25) is 0 Å². The molecule has 1 fully saturated rings. The lowest BCUT2D eigenvalue weighted by Crippen LogP contribution is -2.41. The highest BCUT2D eigenvalue weighted by atomic mass is 32.2. The summed E-state index contributed by atoms with van der Waals surface area (Å²) in [7, 11) is -1.84. The van der Waals surface area contributed by atoms with Crippen LogP contribution in [0.5, 0.6) is 0 Å². The number of sulfone groups is 1. The number of carbonyl (C=O) groups is 1. The van der Waals surface area contributed by atoms with Crippen LogP contribution in [0.15, 0.2) is 23.1 Å². The number of carbonyl (C=O) groups excluding carboxylic acids is 1. The van der Waals surface area contributed by atoms with E-state index >= 15 is 0 Å². The number of benzene rings is 1. The van der Waals surface area contributed by atoms with Gasteiger partial charge in [0.2, 0.25) is 5.91 Å². The largest absolute Gasteiger partial charge is 0.342 e. The zero-order chi connectivity index (χ0) is 16.3. The van der Waals surface area contributed by atoms with Gasteiger partial charge in [-0.15, -0.1) is 0 Å². The van der Waals surface area contributed by atoms with E-state index in [-0.39, 0.29) is 16.8 Å². The Balaban J connectivity index is 2.10. The summed E-state index contributed by atoms with van der Waals surface area (Å²) in [5.41, 5.74) is 1.97. The van der Waals surface area contributed by atoms with Crippen molar-refractivity contribution in [2.45, 2.75) is 56.9 Å². The maximum absolute atomic E-state index is 12.4. The van der Waals surface area contributed by atoms with Gasteiger partial charge in [-0.05, 0) is 49.9 Å². The van der Waals surface area contributed by atoms with Crippen LogP contribution >= 0.6 is 0 Å². The second-order valence-electron chi connectivity index (χ2n) is 6.30. The summed E-state index contributed by atoms with van der Waals surface area (Å²) >= 11 is 0. The van der Waals surface area contributed by atoms with Crippen molar-refractivity contribution < 1.29 is 13.2 Å². The van der Waals surface area contributed by atoms with E-state index in [4.69, 9.17) is 0 Å². The normalized spacial score (nSPS) is 16.5. The van der Waals surface area contributed by atoms with E-state index in [1.807, 2.05) is 13.8 Å². The lowest BCUT2D eigenvalue weighted by molar-refractivity contribution is -0.129. The Morgan fingerprint density at radius 3 is 2.36 bits per heavy atom. The number of hydrogen-bond donors (Lipinski definition) is 0. The molecular weight excluding hydrogens is 298 g/mol. The first-order valence-electron chi connectivity index (χ1n) is 7.87. The molecule has 0 saturated heterocycles. The molecule has 0 unspecified atom stereocenters. The van der Waals surface area contributed by atoms with Gasteiger partial charge in [0.25, 0.3) is 0 Å². The molecule has 0 radical (unpaired) electrons. The SMILES string of the molecule is Cc1ccc(S(=O)(=O)CC(=O)N(C)C2CCCCC2)cc1C. The van der Waals surface area contributed by atoms with E-state index in [2.05, 4.69) is 0 Å². The first-order valence-corrected chi connectivity index (χ1v) is 9.52. The van der Waals surface area contributed by atoms with E-state index in [1.165, 1.54) is 6.42 Å². The average molecular weight is 323 g/mol. The summed E-state index contributed by atoms with van der Waals surface area (Å²) in [6.07, 6.45) is 5.40. The predicted octanol–water partition coefficient (Wildman–Crippen LogP) is 2.87. The molecule has 1 aromatic rings. The fraction of sp³-hybridized carbons (Fsp3) is 0.588. The van der Waals surface area contributed by atoms with Crippen LogP contribution in [0.3, 0.4) is 0 Å². The topological polar surface area (TPSA) is 54.5 Å². The highest BCUT2D eigenvalue weighted by Gasteiger charge is 2.27. The van der Waals surface area contributed by atoms with Crippen molar-refractivity contribution in [1.82, 2.24) is 4.90 Å². The van der Waals surface area contributed by atoms with Gasteiger partial charge in [0.05, 0.1) is 4.90 Å². The summed E-state index contributed by atoms with van der Waals surface area (Å²) < 4.78 is 24.9. The van der Waals surface area contributed by atoms with Crippen molar-refractivity contribution in [2.24, 2.45) is 0 Å². The molecule has 1 aliphatic carbocycles. The molecule has 1 aliphatic rings. The van der Waals surface area contributed by atoms with Gasteiger partial charge in [-0.2, -0.15) is 0 Å². The second-order valence-corrected chi connectivity index (χ2v) is 8.29. The molecule has 122 valence electrons. The molecule has 22 heavy (non-hydrogen) atoms. The molecule has 0 N–H and O–H groups in total. The van der Waals surface area contributed by atoms with Crippen molar-refractivity contribution in [3.8, 4) is 0 Å². The lowest BCUT2D eigenvalue weighted by Gasteiger charge is -2.31. The summed E-state index contributed by atoms with van der Waals surface area (Å²) in [6, 6.07) is 5.22. The van der Waals surface area contributed by atoms with Crippen LogP contribution in [0, 0.1) is 13.8 Å². The Morgan fingerprint density at radius 1 is 1.14 bits per heavy atom. The molecule has 0 atom stereocenters. The molecule has 0 heterocycles. The van der Waals surface area contributed by atoms with Crippen molar-refractivity contribution in [3.63, 3.8) is 0 Å². The quantitative estimate of drug-likeness (QED) is 0.856. The van der Waals surface area contributed by atoms with Crippen molar-refractivity contribution in [2.75, 3.05) is 12.8 Å². The van der Waals surface area contributed by atoms with Crippen LogP contribution in [0.4, 0.5) is 0 Å². The molecule has 5 heteroatoms. The molecule has 1 saturated carbocycles. The minimum Gasteiger partial charge on any atom is -0.342 e. The fourth-order valence-corrected chi connectivity index (χ4v) is 4.25. The van der Waals surface area contributed by atoms with Crippen LogP contribution in [-0.4, -0.2) is 38.1 Å². The van der Waals surface area contributed by atoms with Gasteiger partial charge in [0, 0.05) is 13.1 Å². The van der Waals surface area contributed by atoms with Crippen LogP contribution in [0.1, 0.15) is 43.2 Å². The molecule has 0 spiro atoms. The Labute approximate surface area is 133 Å². The summed E-state index contributed by atoms with van der Waals surface area (Å²) in [5, 5.41) is 0. The van der Waals surface area contributed by atoms with E-state index in [0.717, 1.165) is 36.8 Å². The monoisotopic (exact) mass is 323 g/mol. The Morgan fingerprint density at radius 2 is 1.77 bits per heavy atom. The average Bonchev–Trinajstić information content (AvgIpc) is 2.49. The van der Waals surface area contributed by atoms with Crippen LogP contribution < -0.4 is 0 Å². The van der Waals surface area contributed by atoms with Gasteiger partial charge in [0.1, 0.15) is 5.75 Å². The van der Waals surface area contributed by atoms with Gasteiger partial charge in [-0.3, -0.25) is 4.79 Å². The van der Waals surface area contributed by atoms with Gasteiger partial charge in [-0.25, -0.2) is 8.42 Å². The van der Waals surface area contributed by atoms with E-state index in [0.29, 0.717) is 0 Å². The van der Waals surface area contributed by atoms with Gasteiger partial charge in [-0.1, -0.05) is 25.3 Å². The van der Waals surface area contributed by atoms with Crippen LogP contribution in [0.25, 0.3) is 0 Å². The molecular formula is C17H25NO3S. The summed E-state index contributed by atoms with van der Waals surface area (Å²) in [4.78, 5) is 14.2. The number of amides is 1. The van der Waals surface area contributed by atoms with Gasteiger partial charge < -0.3 is 4.90 Å². The Bertz CT molecular complexity index is 646. The minimum absolute atomic E-state index is 0.191. The first kappa shape index (κ1) is 17.0. The lowest BCUT2D eigenvalue weighted by atomic mass is 9.94. The van der Waals surface area contributed by atoms with E-state index in [9.17, 15) is 13.2 Å². The fourth-order valence-electron chi connectivity index (χ4n) is 2.93. The Kier molecular flexibility index (Phi) is 5.27. The van der Waals surface area contributed by atoms with Crippen molar-refractivity contribution in [1.29, 1.82) is 0 Å². The Hall–Kier alpha value is -1.36. The zero-order valence-corrected chi connectivity index (χ0v) is 14.4. The molecule has 0 aliphatic heterocycles. The maximum Gasteiger partial charge on any atom is 0.238 e. The van der Waals surface area contributed by atoms with Crippen molar-refractivity contribution >= 4 is 15.7 Å². The first-order chi connectivity index (χ1) is 10.3. The zero-order valence-electron chi connectivity index (χ0n) is 13.6. The molecule has 0 aromatic heterocycles. The third kappa shape index (κ3) is 3.88. The van der Waals surface area contributed by atoms with E-state index < -0.39 is 15.6 Å². The molecule has 4 nitrogen and oxygen atoms in total. The standard InChI is InChI=1S/C17H25NO3S/c1-13-9-10-16(11-14(13)2)22(20,21)12-17(19)18(3)15-7-5-4-6-8-15/h9-11,15H,4-8,12H2,1-3H3. The molecule has 1 amide bonds. The minimum atomic E-state index is -3.57. The van der Waals surface area contributed by atoms with Gasteiger partial charge >= 0.3 is 0 Å². The highest BCUT2D eigenvalue weighted by molar-refractivity contribution is 7.92. The van der Waals surface area contributed by atoms with Crippen molar-refractivity contribution in [3.05, 3.63) is 29.3 Å². The maximum atomic E-state index is 12.4. The third-order valence-electron chi connectivity index (χ3n) is 4.67.